The molecule has 2 amide bonds. The molecule has 5 nitrogen and oxygen atoms in total. The van der Waals surface area contributed by atoms with Gasteiger partial charge in [-0.3, -0.25) is 0 Å². The molecule has 102 valence electrons. The van der Waals surface area contributed by atoms with Crippen LogP contribution in [-0.2, 0) is 0 Å². The Morgan fingerprint density at radius 3 is 2.68 bits per heavy atom. The van der Waals surface area contributed by atoms with Crippen LogP contribution in [0, 0.1) is 0 Å². The van der Waals surface area contributed by atoms with Gasteiger partial charge in [-0.05, 0) is 47.8 Å². The summed E-state index contributed by atoms with van der Waals surface area (Å²) in [5.74, 6) is -1.06. The third-order valence-corrected chi connectivity index (χ3v) is 3.73. The standard InChI is InChI=1S/C13H15BrN2O3/c1-2-16(8-6-7-8)13(19)15-11-9(12(17)18)4-3-5-10(11)14/h3-5,8H,2,6-7H2,1H3,(H,15,19)(H,17,18). The number of para-hydroxylation sites is 1. The number of carboxylic acids is 1. The Labute approximate surface area is 119 Å². The van der Waals surface area contributed by atoms with Crippen LogP contribution in [0.4, 0.5) is 10.5 Å². The SMILES string of the molecule is CCN(C(=O)Nc1c(Br)cccc1C(=O)O)C1CC1. The molecule has 0 spiro atoms. The maximum Gasteiger partial charge on any atom is 0.337 e. The highest BCUT2D eigenvalue weighted by molar-refractivity contribution is 9.10. The van der Waals surface area contributed by atoms with Gasteiger partial charge in [-0.25, -0.2) is 9.59 Å². The molecule has 2 rings (SSSR count). The second kappa shape index (κ2) is 5.61. The third-order valence-electron chi connectivity index (χ3n) is 3.07. The molecule has 1 saturated carbocycles. The van der Waals surface area contributed by atoms with Crippen molar-refractivity contribution in [1.82, 2.24) is 4.90 Å². The van der Waals surface area contributed by atoms with Crippen molar-refractivity contribution in [1.29, 1.82) is 0 Å². The number of anilines is 1. The second-order valence-electron chi connectivity index (χ2n) is 4.41. The van der Waals surface area contributed by atoms with Crippen molar-refractivity contribution in [3.8, 4) is 0 Å². The number of hydrogen-bond acceptors (Lipinski definition) is 2. The molecule has 2 N–H and O–H groups in total. The van der Waals surface area contributed by atoms with Crippen LogP contribution in [0.2, 0.25) is 0 Å². The van der Waals surface area contributed by atoms with E-state index in [1.54, 1.807) is 17.0 Å². The van der Waals surface area contributed by atoms with E-state index in [1.165, 1.54) is 6.07 Å². The number of nitrogens with zero attached hydrogens (tertiary/aromatic N) is 1. The first kappa shape index (κ1) is 13.9. The predicted octanol–water partition coefficient (Wildman–Crippen LogP) is 3.16. The van der Waals surface area contributed by atoms with Crippen LogP contribution in [0.3, 0.4) is 0 Å². The fourth-order valence-electron chi connectivity index (χ4n) is 1.96. The predicted molar refractivity (Wildman–Crippen MR) is 75.5 cm³/mol. The summed E-state index contributed by atoms with van der Waals surface area (Å²) in [4.78, 5) is 25.0. The van der Waals surface area contributed by atoms with E-state index in [0.29, 0.717) is 22.7 Å². The Bertz CT molecular complexity index is 515. The van der Waals surface area contributed by atoms with Gasteiger partial charge in [0.2, 0.25) is 0 Å². The van der Waals surface area contributed by atoms with Crippen molar-refractivity contribution >= 4 is 33.6 Å². The number of nitrogens with one attached hydrogen (secondary N) is 1. The maximum atomic E-state index is 12.2. The summed E-state index contributed by atoms with van der Waals surface area (Å²) in [6, 6.07) is 4.84. The number of aromatic carboxylic acids is 1. The first-order valence-corrected chi connectivity index (χ1v) is 6.93. The van der Waals surface area contributed by atoms with Gasteiger partial charge in [0, 0.05) is 17.1 Å². The van der Waals surface area contributed by atoms with Crippen molar-refractivity contribution in [3.63, 3.8) is 0 Å². The molecule has 0 atom stereocenters. The zero-order valence-corrected chi connectivity index (χ0v) is 12.1. The first-order chi connectivity index (χ1) is 9.04. The van der Waals surface area contributed by atoms with E-state index in [-0.39, 0.29) is 11.6 Å². The fraction of sp³-hybridized carbons (Fsp3) is 0.385. The number of hydrogen-bond donors (Lipinski definition) is 2. The van der Waals surface area contributed by atoms with E-state index in [9.17, 15) is 9.59 Å². The molecule has 0 aromatic heterocycles. The fourth-order valence-corrected chi connectivity index (χ4v) is 2.43. The van der Waals surface area contributed by atoms with Gasteiger partial charge >= 0.3 is 12.0 Å². The molecule has 1 aromatic carbocycles. The highest BCUT2D eigenvalue weighted by atomic mass is 79.9. The van der Waals surface area contributed by atoms with Crippen LogP contribution in [0.1, 0.15) is 30.1 Å². The summed E-state index contributed by atoms with van der Waals surface area (Å²) in [6.07, 6.45) is 2.03. The normalized spacial score (nSPS) is 14.0. The molecule has 0 bridgehead atoms. The van der Waals surface area contributed by atoms with E-state index in [2.05, 4.69) is 21.2 Å². The molecule has 0 aliphatic heterocycles. The lowest BCUT2D eigenvalue weighted by Gasteiger charge is -2.21. The number of carbonyl (C=O) groups is 2. The van der Waals surface area contributed by atoms with Crippen LogP contribution >= 0.6 is 15.9 Å². The summed E-state index contributed by atoms with van der Waals surface area (Å²) in [5, 5.41) is 11.8. The largest absolute Gasteiger partial charge is 0.478 e. The summed E-state index contributed by atoms with van der Waals surface area (Å²) >= 11 is 3.27. The van der Waals surface area contributed by atoms with E-state index in [0.717, 1.165) is 12.8 Å². The van der Waals surface area contributed by atoms with Gasteiger partial charge in [0.25, 0.3) is 0 Å². The van der Waals surface area contributed by atoms with Crippen LogP contribution in [0.15, 0.2) is 22.7 Å². The summed E-state index contributed by atoms with van der Waals surface area (Å²) in [6.45, 7) is 2.53. The van der Waals surface area contributed by atoms with E-state index in [1.807, 2.05) is 6.92 Å². The average molecular weight is 327 g/mol. The molecule has 0 radical (unpaired) electrons. The lowest BCUT2D eigenvalue weighted by molar-refractivity contribution is 0.0698. The number of carboxylic acid groups (broad SMARTS) is 1. The number of benzene rings is 1. The number of rotatable bonds is 4. The molecule has 1 fully saturated rings. The minimum Gasteiger partial charge on any atom is -0.478 e. The highest BCUT2D eigenvalue weighted by Crippen LogP contribution is 2.30. The van der Waals surface area contributed by atoms with Gasteiger partial charge in [0.1, 0.15) is 0 Å². The number of halogens is 1. The van der Waals surface area contributed by atoms with E-state index < -0.39 is 5.97 Å². The Balaban J connectivity index is 2.22. The quantitative estimate of drug-likeness (QED) is 0.892. The molecular formula is C13H15BrN2O3. The molecule has 0 saturated heterocycles. The number of urea groups is 1. The topological polar surface area (TPSA) is 69.6 Å². The highest BCUT2D eigenvalue weighted by Gasteiger charge is 2.32. The van der Waals surface area contributed by atoms with Gasteiger partial charge in [0.15, 0.2) is 0 Å². The van der Waals surface area contributed by atoms with Crippen molar-refractivity contribution in [2.45, 2.75) is 25.8 Å². The third kappa shape index (κ3) is 3.07. The minimum atomic E-state index is -1.06. The number of carbonyl (C=O) groups excluding carboxylic acids is 1. The van der Waals surface area contributed by atoms with Crippen LogP contribution < -0.4 is 5.32 Å². The van der Waals surface area contributed by atoms with Gasteiger partial charge < -0.3 is 15.3 Å². The van der Waals surface area contributed by atoms with Crippen molar-refractivity contribution in [2.24, 2.45) is 0 Å². The molecule has 1 aliphatic rings. The minimum absolute atomic E-state index is 0.0783. The molecule has 6 heteroatoms. The van der Waals surface area contributed by atoms with Crippen molar-refractivity contribution in [2.75, 3.05) is 11.9 Å². The lowest BCUT2D eigenvalue weighted by Crippen LogP contribution is -2.36. The zero-order chi connectivity index (χ0) is 14.0. The first-order valence-electron chi connectivity index (χ1n) is 6.14. The number of amides is 2. The lowest BCUT2D eigenvalue weighted by atomic mass is 10.2. The van der Waals surface area contributed by atoms with Crippen LogP contribution in [0.25, 0.3) is 0 Å². The Kier molecular flexibility index (Phi) is 4.09. The molecule has 1 aliphatic carbocycles. The Morgan fingerprint density at radius 2 is 2.16 bits per heavy atom. The Hall–Kier alpha value is -1.56. The molecule has 19 heavy (non-hydrogen) atoms. The van der Waals surface area contributed by atoms with Gasteiger partial charge in [0.05, 0.1) is 11.3 Å². The molecular weight excluding hydrogens is 312 g/mol. The summed E-state index contributed by atoms with van der Waals surface area (Å²) in [7, 11) is 0. The molecule has 0 heterocycles. The van der Waals surface area contributed by atoms with Crippen molar-refractivity contribution < 1.29 is 14.7 Å². The maximum absolute atomic E-state index is 12.2. The van der Waals surface area contributed by atoms with Gasteiger partial charge in [-0.15, -0.1) is 0 Å². The second-order valence-corrected chi connectivity index (χ2v) is 5.27. The summed E-state index contributed by atoms with van der Waals surface area (Å²) in [5.41, 5.74) is 0.383. The summed E-state index contributed by atoms with van der Waals surface area (Å²) < 4.78 is 0.563. The van der Waals surface area contributed by atoms with Gasteiger partial charge in [-0.1, -0.05) is 6.07 Å². The average Bonchev–Trinajstić information content (AvgIpc) is 3.17. The van der Waals surface area contributed by atoms with Gasteiger partial charge in [-0.2, -0.15) is 0 Å². The van der Waals surface area contributed by atoms with E-state index in [4.69, 9.17) is 5.11 Å². The van der Waals surface area contributed by atoms with Crippen molar-refractivity contribution in [3.05, 3.63) is 28.2 Å². The zero-order valence-electron chi connectivity index (χ0n) is 10.5. The molecule has 0 unspecified atom stereocenters. The monoisotopic (exact) mass is 326 g/mol. The smallest absolute Gasteiger partial charge is 0.337 e. The molecule has 1 aromatic rings. The van der Waals surface area contributed by atoms with E-state index >= 15 is 0 Å². The Morgan fingerprint density at radius 1 is 1.47 bits per heavy atom. The van der Waals surface area contributed by atoms with Crippen LogP contribution in [0.5, 0.6) is 0 Å². The van der Waals surface area contributed by atoms with Crippen LogP contribution in [-0.4, -0.2) is 34.6 Å².